The zero-order valence-corrected chi connectivity index (χ0v) is 19.7. The fourth-order valence-corrected chi connectivity index (χ4v) is 3.54. The van der Waals surface area contributed by atoms with E-state index in [-0.39, 0.29) is 12.1 Å². The highest BCUT2D eigenvalue weighted by Crippen LogP contribution is 2.23. The van der Waals surface area contributed by atoms with Crippen LogP contribution in [0, 0.1) is 0 Å². The van der Waals surface area contributed by atoms with Crippen LogP contribution in [0.5, 0.6) is 0 Å². The van der Waals surface area contributed by atoms with Crippen molar-refractivity contribution in [1.29, 1.82) is 0 Å². The highest BCUT2D eigenvalue weighted by Gasteiger charge is 2.11. The van der Waals surface area contributed by atoms with Crippen LogP contribution in [0.25, 0.3) is 16.7 Å². The summed E-state index contributed by atoms with van der Waals surface area (Å²) in [5.41, 5.74) is 7.92. The second kappa shape index (κ2) is 13.2. The molecule has 0 aliphatic carbocycles. The standard InChI is InChI=1S/C25H40N4O2/c1-6-29(7-2)16-10-11-20(4)30-25(26)15-14-19(3)28-22(18-27-5)24-17-21-12-8-9-13-23(21)31-24/h8-9,12-15,17-20,25,27-28H,6-7,10-11,16,26H2,1-5H3/b15-14-,22-18-. The maximum atomic E-state index is 6.17. The maximum Gasteiger partial charge on any atom is 0.152 e. The fraction of sp³-hybridized carbons (Fsp3) is 0.520. The van der Waals surface area contributed by atoms with E-state index >= 15 is 0 Å². The Bertz CT molecular complexity index is 793. The van der Waals surface area contributed by atoms with Crippen molar-refractivity contribution in [3.8, 4) is 0 Å². The Morgan fingerprint density at radius 2 is 1.94 bits per heavy atom. The van der Waals surface area contributed by atoms with Crippen LogP contribution in [-0.2, 0) is 4.74 Å². The molecule has 0 fully saturated rings. The van der Waals surface area contributed by atoms with Gasteiger partial charge in [0.05, 0.1) is 11.8 Å². The molecule has 1 aromatic carbocycles. The topological polar surface area (TPSA) is 75.7 Å². The Kier molecular flexibility index (Phi) is 10.6. The first-order valence-corrected chi connectivity index (χ1v) is 11.4. The summed E-state index contributed by atoms with van der Waals surface area (Å²) < 4.78 is 11.9. The van der Waals surface area contributed by atoms with Crippen LogP contribution in [0.2, 0.25) is 0 Å². The van der Waals surface area contributed by atoms with E-state index < -0.39 is 6.23 Å². The second-order valence-electron chi connectivity index (χ2n) is 7.89. The van der Waals surface area contributed by atoms with E-state index in [1.165, 1.54) is 0 Å². The van der Waals surface area contributed by atoms with Gasteiger partial charge in [0.2, 0.25) is 0 Å². The molecule has 0 amide bonds. The van der Waals surface area contributed by atoms with Gasteiger partial charge in [-0.15, -0.1) is 0 Å². The van der Waals surface area contributed by atoms with Crippen molar-refractivity contribution in [3.63, 3.8) is 0 Å². The van der Waals surface area contributed by atoms with Crippen molar-refractivity contribution >= 4 is 16.7 Å². The summed E-state index contributed by atoms with van der Waals surface area (Å²) in [7, 11) is 1.87. The molecule has 0 radical (unpaired) electrons. The average molecular weight is 429 g/mol. The molecule has 3 atom stereocenters. The Hall–Kier alpha value is -2.28. The summed E-state index contributed by atoms with van der Waals surface area (Å²) in [6.45, 7) is 11.9. The first kappa shape index (κ1) is 25.0. The quantitative estimate of drug-likeness (QED) is 0.308. The number of nitrogens with zero attached hydrogens (tertiary/aromatic N) is 1. The molecule has 172 valence electrons. The van der Waals surface area contributed by atoms with E-state index in [2.05, 4.69) is 43.2 Å². The Balaban J connectivity index is 1.84. The van der Waals surface area contributed by atoms with Crippen LogP contribution in [0.4, 0.5) is 0 Å². The lowest BCUT2D eigenvalue weighted by Gasteiger charge is -2.21. The van der Waals surface area contributed by atoms with Gasteiger partial charge in [0, 0.05) is 24.7 Å². The number of hydrogen-bond donors (Lipinski definition) is 3. The number of nitrogens with one attached hydrogen (secondary N) is 2. The van der Waals surface area contributed by atoms with Gasteiger partial charge in [-0.1, -0.05) is 38.1 Å². The molecule has 6 heteroatoms. The predicted octanol–water partition coefficient (Wildman–Crippen LogP) is 4.30. The number of benzene rings is 1. The zero-order chi connectivity index (χ0) is 22.6. The molecule has 0 spiro atoms. The van der Waals surface area contributed by atoms with Crippen LogP contribution < -0.4 is 16.4 Å². The molecule has 2 aromatic rings. The van der Waals surface area contributed by atoms with Gasteiger partial charge >= 0.3 is 0 Å². The summed E-state index contributed by atoms with van der Waals surface area (Å²) in [6.07, 6.45) is 7.67. The molecule has 0 aliphatic rings. The number of nitrogens with two attached hydrogens (primary N) is 1. The van der Waals surface area contributed by atoms with Crippen LogP contribution in [0.3, 0.4) is 0 Å². The van der Waals surface area contributed by atoms with Crippen molar-refractivity contribution in [1.82, 2.24) is 15.5 Å². The van der Waals surface area contributed by atoms with Crippen molar-refractivity contribution in [2.45, 2.75) is 58.9 Å². The van der Waals surface area contributed by atoms with E-state index in [4.69, 9.17) is 14.9 Å². The molecule has 0 saturated heterocycles. The summed E-state index contributed by atoms with van der Waals surface area (Å²) in [4.78, 5) is 2.43. The van der Waals surface area contributed by atoms with Crippen LogP contribution in [-0.4, -0.2) is 50.0 Å². The van der Waals surface area contributed by atoms with Gasteiger partial charge < -0.3 is 30.4 Å². The van der Waals surface area contributed by atoms with E-state index in [1.807, 2.05) is 55.7 Å². The third-order valence-corrected chi connectivity index (χ3v) is 5.32. The molecule has 31 heavy (non-hydrogen) atoms. The van der Waals surface area contributed by atoms with Crippen LogP contribution >= 0.6 is 0 Å². The summed E-state index contributed by atoms with van der Waals surface area (Å²) in [5, 5.41) is 7.62. The van der Waals surface area contributed by atoms with Gasteiger partial charge in [-0.05, 0) is 64.5 Å². The minimum Gasteiger partial charge on any atom is -0.454 e. The number of ether oxygens (including phenoxy) is 1. The smallest absolute Gasteiger partial charge is 0.152 e. The van der Waals surface area contributed by atoms with E-state index in [0.29, 0.717) is 0 Å². The first-order valence-electron chi connectivity index (χ1n) is 11.4. The Morgan fingerprint density at radius 1 is 1.19 bits per heavy atom. The van der Waals surface area contributed by atoms with Crippen molar-refractivity contribution in [2.75, 3.05) is 26.7 Å². The monoisotopic (exact) mass is 428 g/mol. The third-order valence-electron chi connectivity index (χ3n) is 5.32. The molecule has 0 aliphatic heterocycles. The van der Waals surface area contributed by atoms with Crippen LogP contribution in [0.1, 0.15) is 46.3 Å². The lowest BCUT2D eigenvalue weighted by molar-refractivity contribution is 0.0206. The summed E-state index contributed by atoms with van der Waals surface area (Å²) in [5.74, 6) is 0.790. The van der Waals surface area contributed by atoms with E-state index in [9.17, 15) is 0 Å². The number of hydrogen-bond acceptors (Lipinski definition) is 6. The molecule has 3 unspecified atom stereocenters. The molecule has 2 rings (SSSR count). The molecular weight excluding hydrogens is 388 g/mol. The minimum atomic E-state index is -0.421. The highest BCUT2D eigenvalue weighted by molar-refractivity contribution is 5.81. The van der Waals surface area contributed by atoms with Crippen LogP contribution in [0.15, 0.2) is 53.1 Å². The van der Waals surface area contributed by atoms with Crippen molar-refractivity contribution in [3.05, 3.63) is 54.4 Å². The SMILES string of the molecule is CCN(CC)CCCC(C)OC(N)/C=C\C(C)N/C(=C\NC)c1cc2ccccc2o1. The maximum absolute atomic E-state index is 6.17. The number of para-hydroxylation sites is 1. The lowest BCUT2D eigenvalue weighted by atomic mass is 10.2. The van der Waals surface area contributed by atoms with E-state index in [0.717, 1.165) is 54.9 Å². The molecular formula is C25H40N4O2. The molecule has 1 heterocycles. The normalized spacial score (nSPS) is 15.5. The number of fused-ring (bicyclic) bond motifs is 1. The van der Waals surface area contributed by atoms with Crippen molar-refractivity contribution in [2.24, 2.45) is 5.73 Å². The Labute approximate surface area is 187 Å². The minimum absolute atomic E-state index is 0.0560. The molecule has 0 saturated carbocycles. The molecule has 1 aromatic heterocycles. The largest absolute Gasteiger partial charge is 0.454 e. The van der Waals surface area contributed by atoms with Crippen molar-refractivity contribution < 1.29 is 9.15 Å². The summed E-state index contributed by atoms with van der Waals surface area (Å²) in [6, 6.07) is 10.1. The lowest BCUT2D eigenvalue weighted by Crippen LogP contribution is -2.29. The zero-order valence-electron chi connectivity index (χ0n) is 19.7. The van der Waals surface area contributed by atoms with Gasteiger partial charge in [-0.3, -0.25) is 0 Å². The van der Waals surface area contributed by atoms with Gasteiger partial charge in [0.25, 0.3) is 0 Å². The number of furan rings is 1. The number of rotatable bonds is 14. The summed E-state index contributed by atoms with van der Waals surface area (Å²) >= 11 is 0. The van der Waals surface area contributed by atoms with Gasteiger partial charge in [0.1, 0.15) is 11.8 Å². The second-order valence-corrected chi connectivity index (χ2v) is 7.89. The third kappa shape index (κ3) is 8.40. The van der Waals surface area contributed by atoms with Gasteiger partial charge in [-0.2, -0.15) is 0 Å². The van der Waals surface area contributed by atoms with E-state index in [1.54, 1.807) is 0 Å². The predicted molar refractivity (Wildman–Crippen MR) is 131 cm³/mol. The average Bonchev–Trinajstić information content (AvgIpc) is 3.19. The molecule has 4 N–H and O–H groups in total. The molecule has 6 nitrogen and oxygen atoms in total. The van der Waals surface area contributed by atoms with Gasteiger partial charge in [-0.25, -0.2) is 0 Å². The highest BCUT2D eigenvalue weighted by atomic mass is 16.5. The Morgan fingerprint density at radius 3 is 2.61 bits per heavy atom. The first-order chi connectivity index (χ1) is 15.0. The molecule has 0 bridgehead atoms. The fourth-order valence-electron chi connectivity index (χ4n) is 3.54. The van der Waals surface area contributed by atoms with Gasteiger partial charge in [0.15, 0.2) is 5.76 Å².